The van der Waals surface area contributed by atoms with E-state index in [4.69, 9.17) is 9.72 Å². The standard InChI is InChI=1S/C19H17N3OS2/c1-2-23-15-8-9-16-17(10-15)22-19(21-16)25-12-14-11-24-18(20-14)13-6-4-3-5-7-13/h3-11H,2,12H2,1H3,(H,21,22). The first-order chi connectivity index (χ1) is 12.3. The third-order valence-electron chi connectivity index (χ3n) is 3.67. The van der Waals surface area contributed by atoms with Crippen molar-refractivity contribution in [2.24, 2.45) is 0 Å². The maximum absolute atomic E-state index is 5.53. The van der Waals surface area contributed by atoms with Gasteiger partial charge in [0.25, 0.3) is 0 Å². The van der Waals surface area contributed by atoms with Crippen LogP contribution in [-0.4, -0.2) is 21.6 Å². The van der Waals surface area contributed by atoms with Crippen LogP contribution >= 0.6 is 23.1 Å². The Morgan fingerprint density at radius 1 is 1.12 bits per heavy atom. The number of benzene rings is 2. The zero-order chi connectivity index (χ0) is 17.1. The highest BCUT2D eigenvalue weighted by Gasteiger charge is 2.08. The van der Waals surface area contributed by atoms with Gasteiger partial charge in [0.2, 0.25) is 0 Å². The van der Waals surface area contributed by atoms with E-state index in [1.165, 1.54) is 0 Å². The first kappa shape index (κ1) is 16.2. The van der Waals surface area contributed by atoms with Crippen molar-refractivity contribution >= 4 is 34.1 Å². The first-order valence-corrected chi connectivity index (χ1v) is 9.93. The molecule has 0 radical (unpaired) electrons. The minimum atomic E-state index is 0.662. The molecule has 0 saturated carbocycles. The second-order valence-electron chi connectivity index (χ2n) is 5.45. The van der Waals surface area contributed by atoms with E-state index in [2.05, 4.69) is 27.5 Å². The zero-order valence-electron chi connectivity index (χ0n) is 13.7. The van der Waals surface area contributed by atoms with E-state index < -0.39 is 0 Å². The maximum Gasteiger partial charge on any atom is 0.166 e. The molecule has 6 heteroatoms. The molecule has 4 rings (SSSR count). The molecule has 4 nitrogen and oxygen atoms in total. The van der Waals surface area contributed by atoms with Gasteiger partial charge in [-0.15, -0.1) is 11.3 Å². The highest BCUT2D eigenvalue weighted by atomic mass is 32.2. The second-order valence-corrected chi connectivity index (χ2v) is 7.27. The van der Waals surface area contributed by atoms with Gasteiger partial charge in [0, 0.05) is 22.8 Å². The monoisotopic (exact) mass is 367 g/mol. The summed E-state index contributed by atoms with van der Waals surface area (Å²) in [6, 6.07) is 16.2. The van der Waals surface area contributed by atoms with Gasteiger partial charge in [-0.25, -0.2) is 9.97 Å². The molecule has 0 aliphatic carbocycles. The van der Waals surface area contributed by atoms with Crippen molar-refractivity contribution in [1.29, 1.82) is 0 Å². The van der Waals surface area contributed by atoms with Crippen LogP contribution in [0.1, 0.15) is 12.6 Å². The molecule has 0 fully saturated rings. The summed E-state index contributed by atoms with van der Waals surface area (Å²) in [6.07, 6.45) is 0. The molecule has 2 heterocycles. The lowest BCUT2D eigenvalue weighted by atomic mass is 10.2. The zero-order valence-corrected chi connectivity index (χ0v) is 15.4. The molecule has 0 spiro atoms. The van der Waals surface area contributed by atoms with E-state index in [1.54, 1.807) is 23.1 Å². The molecule has 0 aliphatic rings. The normalized spacial score (nSPS) is 11.1. The maximum atomic E-state index is 5.53. The average Bonchev–Trinajstić information content (AvgIpc) is 3.27. The molecule has 2 aromatic carbocycles. The Morgan fingerprint density at radius 3 is 2.84 bits per heavy atom. The average molecular weight is 367 g/mol. The van der Waals surface area contributed by atoms with E-state index in [0.29, 0.717) is 6.61 Å². The van der Waals surface area contributed by atoms with Crippen LogP contribution in [0.3, 0.4) is 0 Å². The van der Waals surface area contributed by atoms with Crippen molar-refractivity contribution in [3.05, 3.63) is 59.6 Å². The molecule has 0 aliphatic heterocycles. The van der Waals surface area contributed by atoms with E-state index in [1.807, 2.05) is 43.3 Å². The van der Waals surface area contributed by atoms with Gasteiger partial charge in [-0.3, -0.25) is 0 Å². The minimum absolute atomic E-state index is 0.662. The number of H-pyrrole nitrogens is 1. The minimum Gasteiger partial charge on any atom is -0.494 e. The Balaban J connectivity index is 1.46. The van der Waals surface area contributed by atoms with Gasteiger partial charge in [0.05, 0.1) is 23.3 Å². The molecule has 0 amide bonds. The largest absolute Gasteiger partial charge is 0.494 e. The Morgan fingerprint density at radius 2 is 2.00 bits per heavy atom. The third-order valence-corrected chi connectivity index (χ3v) is 5.52. The summed E-state index contributed by atoms with van der Waals surface area (Å²) < 4.78 is 5.53. The van der Waals surface area contributed by atoms with Crippen LogP contribution in [0.5, 0.6) is 5.75 Å². The molecule has 1 N–H and O–H groups in total. The number of thiazole rings is 1. The number of hydrogen-bond acceptors (Lipinski definition) is 5. The number of imidazole rings is 1. The van der Waals surface area contributed by atoms with Gasteiger partial charge < -0.3 is 9.72 Å². The van der Waals surface area contributed by atoms with Gasteiger partial charge in [-0.05, 0) is 19.1 Å². The van der Waals surface area contributed by atoms with Crippen LogP contribution in [0.25, 0.3) is 21.6 Å². The van der Waals surface area contributed by atoms with Crippen molar-refractivity contribution in [1.82, 2.24) is 15.0 Å². The highest BCUT2D eigenvalue weighted by molar-refractivity contribution is 7.98. The Bertz CT molecular complexity index is 979. The van der Waals surface area contributed by atoms with Crippen molar-refractivity contribution in [2.45, 2.75) is 17.8 Å². The van der Waals surface area contributed by atoms with Crippen molar-refractivity contribution in [3.63, 3.8) is 0 Å². The van der Waals surface area contributed by atoms with Crippen molar-refractivity contribution < 1.29 is 4.74 Å². The Hall–Kier alpha value is -2.31. The predicted octanol–water partition coefficient (Wildman–Crippen LogP) is 5.38. The number of hydrogen-bond donors (Lipinski definition) is 1. The lowest BCUT2D eigenvalue weighted by Crippen LogP contribution is -1.90. The summed E-state index contributed by atoms with van der Waals surface area (Å²) in [7, 11) is 0. The van der Waals surface area contributed by atoms with E-state index in [0.717, 1.165) is 44.0 Å². The lowest BCUT2D eigenvalue weighted by Gasteiger charge is -2.00. The summed E-state index contributed by atoms with van der Waals surface area (Å²) in [5.41, 5.74) is 4.19. The highest BCUT2D eigenvalue weighted by Crippen LogP contribution is 2.28. The van der Waals surface area contributed by atoms with Crippen LogP contribution in [-0.2, 0) is 5.75 Å². The summed E-state index contributed by atoms with van der Waals surface area (Å²) >= 11 is 3.34. The van der Waals surface area contributed by atoms with Gasteiger partial charge in [-0.2, -0.15) is 0 Å². The number of nitrogens with zero attached hydrogens (tertiary/aromatic N) is 2. The smallest absolute Gasteiger partial charge is 0.166 e. The van der Waals surface area contributed by atoms with Gasteiger partial charge in [0.15, 0.2) is 5.16 Å². The lowest BCUT2D eigenvalue weighted by molar-refractivity contribution is 0.340. The predicted molar refractivity (Wildman–Crippen MR) is 104 cm³/mol. The molecular formula is C19H17N3OS2. The fourth-order valence-corrected chi connectivity index (χ4v) is 4.23. The first-order valence-electron chi connectivity index (χ1n) is 8.07. The molecule has 4 aromatic rings. The number of aromatic nitrogens is 3. The van der Waals surface area contributed by atoms with Crippen LogP contribution < -0.4 is 4.74 Å². The van der Waals surface area contributed by atoms with Crippen molar-refractivity contribution in [2.75, 3.05) is 6.61 Å². The number of rotatable bonds is 6. The van der Waals surface area contributed by atoms with Crippen LogP contribution in [0, 0.1) is 0 Å². The summed E-state index contributed by atoms with van der Waals surface area (Å²) in [5.74, 6) is 1.66. The van der Waals surface area contributed by atoms with E-state index >= 15 is 0 Å². The molecule has 0 bridgehead atoms. The molecule has 0 unspecified atom stereocenters. The van der Waals surface area contributed by atoms with Crippen LogP contribution in [0.15, 0.2) is 59.1 Å². The summed E-state index contributed by atoms with van der Waals surface area (Å²) in [6.45, 7) is 2.64. The Kier molecular flexibility index (Phi) is 4.72. The SMILES string of the molecule is CCOc1ccc2nc(SCc3csc(-c4ccccc4)n3)[nH]c2c1. The number of fused-ring (bicyclic) bond motifs is 1. The molecule has 126 valence electrons. The molecule has 0 atom stereocenters. The van der Waals surface area contributed by atoms with Gasteiger partial charge in [0.1, 0.15) is 10.8 Å². The van der Waals surface area contributed by atoms with E-state index in [9.17, 15) is 0 Å². The van der Waals surface area contributed by atoms with Gasteiger partial charge >= 0.3 is 0 Å². The van der Waals surface area contributed by atoms with Crippen LogP contribution in [0.4, 0.5) is 0 Å². The third kappa shape index (κ3) is 3.70. The molecule has 2 aromatic heterocycles. The van der Waals surface area contributed by atoms with Crippen LogP contribution in [0.2, 0.25) is 0 Å². The second kappa shape index (κ2) is 7.29. The fourth-order valence-electron chi connectivity index (χ4n) is 2.52. The fraction of sp³-hybridized carbons (Fsp3) is 0.158. The molecular weight excluding hydrogens is 350 g/mol. The van der Waals surface area contributed by atoms with E-state index in [-0.39, 0.29) is 0 Å². The quantitative estimate of drug-likeness (QED) is 0.465. The number of thioether (sulfide) groups is 1. The summed E-state index contributed by atoms with van der Waals surface area (Å²) in [4.78, 5) is 12.7. The number of aromatic amines is 1. The van der Waals surface area contributed by atoms with Crippen molar-refractivity contribution in [3.8, 4) is 16.3 Å². The molecule has 25 heavy (non-hydrogen) atoms. The number of nitrogens with one attached hydrogen (secondary N) is 1. The molecule has 0 saturated heterocycles. The number of ether oxygens (including phenoxy) is 1. The summed E-state index contributed by atoms with van der Waals surface area (Å²) in [5, 5.41) is 4.07. The van der Waals surface area contributed by atoms with Gasteiger partial charge in [-0.1, -0.05) is 42.1 Å². The topological polar surface area (TPSA) is 50.8 Å². The Labute approximate surface area is 154 Å².